The van der Waals surface area contributed by atoms with E-state index in [9.17, 15) is 4.79 Å². The SMILES string of the molecule is COc1ccc(-c2noc(CN3CCC(C(=O)N(C)Cc4ccccc4OC)CC3)n2)cc1. The van der Waals surface area contributed by atoms with Gasteiger partial charge in [0.25, 0.3) is 0 Å². The van der Waals surface area contributed by atoms with E-state index in [1.807, 2.05) is 55.6 Å². The van der Waals surface area contributed by atoms with E-state index in [4.69, 9.17) is 14.0 Å². The molecule has 1 amide bonds. The highest BCUT2D eigenvalue weighted by Gasteiger charge is 2.28. The van der Waals surface area contributed by atoms with Crippen molar-refractivity contribution in [2.45, 2.75) is 25.9 Å². The van der Waals surface area contributed by atoms with Crippen molar-refractivity contribution in [1.29, 1.82) is 0 Å². The van der Waals surface area contributed by atoms with Crippen LogP contribution in [0.3, 0.4) is 0 Å². The van der Waals surface area contributed by atoms with E-state index in [1.165, 1.54) is 0 Å². The number of ether oxygens (including phenoxy) is 2. The van der Waals surface area contributed by atoms with Crippen LogP contribution in [0.5, 0.6) is 11.5 Å². The number of hydrogen-bond acceptors (Lipinski definition) is 7. The highest BCUT2D eigenvalue weighted by molar-refractivity contribution is 5.78. The van der Waals surface area contributed by atoms with E-state index in [2.05, 4.69) is 15.0 Å². The fraction of sp³-hybridized carbons (Fsp3) is 0.400. The van der Waals surface area contributed by atoms with E-state index in [-0.39, 0.29) is 11.8 Å². The number of likely N-dealkylation sites (tertiary alicyclic amines) is 1. The lowest BCUT2D eigenvalue weighted by molar-refractivity contribution is -0.136. The number of amides is 1. The van der Waals surface area contributed by atoms with Crippen molar-refractivity contribution < 1.29 is 18.8 Å². The topological polar surface area (TPSA) is 80.9 Å². The second-order valence-electron chi connectivity index (χ2n) is 8.30. The van der Waals surface area contributed by atoms with Crippen molar-refractivity contribution in [2.75, 3.05) is 34.4 Å². The number of benzene rings is 2. The van der Waals surface area contributed by atoms with Gasteiger partial charge in [-0.1, -0.05) is 23.4 Å². The zero-order chi connectivity index (χ0) is 23.2. The van der Waals surface area contributed by atoms with Gasteiger partial charge in [-0.15, -0.1) is 0 Å². The van der Waals surface area contributed by atoms with Gasteiger partial charge in [-0.2, -0.15) is 4.98 Å². The van der Waals surface area contributed by atoms with Gasteiger partial charge in [0.05, 0.1) is 20.8 Å². The summed E-state index contributed by atoms with van der Waals surface area (Å²) in [5.74, 6) is 2.95. The summed E-state index contributed by atoms with van der Waals surface area (Å²) in [4.78, 5) is 21.6. The van der Waals surface area contributed by atoms with Crippen molar-refractivity contribution in [2.24, 2.45) is 5.92 Å². The van der Waals surface area contributed by atoms with Crippen LogP contribution in [0.2, 0.25) is 0 Å². The molecule has 0 spiro atoms. The van der Waals surface area contributed by atoms with E-state index >= 15 is 0 Å². The lowest BCUT2D eigenvalue weighted by Gasteiger charge is -2.32. The highest BCUT2D eigenvalue weighted by atomic mass is 16.5. The van der Waals surface area contributed by atoms with Crippen LogP contribution in [0.25, 0.3) is 11.4 Å². The molecule has 0 aliphatic carbocycles. The quantitative estimate of drug-likeness (QED) is 0.518. The van der Waals surface area contributed by atoms with Gasteiger partial charge in [-0.3, -0.25) is 9.69 Å². The van der Waals surface area contributed by atoms with Crippen LogP contribution in [0.1, 0.15) is 24.3 Å². The van der Waals surface area contributed by atoms with E-state index in [1.54, 1.807) is 19.1 Å². The molecule has 33 heavy (non-hydrogen) atoms. The van der Waals surface area contributed by atoms with Crippen LogP contribution >= 0.6 is 0 Å². The fourth-order valence-corrected chi connectivity index (χ4v) is 4.18. The maximum Gasteiger partial charge on any atom is 0.241 e. The molecule has 1 aliphatic heterocycles. The van der Waals surface area contributed by atoms with Crippen LogP contribution in [0, 0.1) is 5.92 Å². The van der Waals surface area contributed by atoms with Crippen LogP contribution in [0.4, 0.5) is 0 Å². The minimum atomic E-state index is 0.0264. The predicted octanol–water partition coefficient (Wildman–Crippen LogP) is 3.62. The first-order chi connectivity index (χ1) is 16.1. The van der Waals surface area contributed by atoms with Gasteiger partial charge in [0.15, 0.2) is 0 Å². The summed E-state index contributed by atoms with van der Waals surface area (Å²) < 4.78 is 16.1. The molecule has 0 radical (unpaired) electrons. The third-order valence-corrected chi connectivity index (χ3v) is 6.09. The lowest BCUT2D eigenvalue weighted by atomic mass is 9.95. The number of carbonyl (C=O) groups excluding carboxylic acids is 1. The number of aromatic nitrogens is 2. The van der Waals surface area contributed by atoms with Crippen molar-refractivity contribution in [3.05, 3.63) is 60.0 Å². The Morgan fingerprint density at radius 1 is 1.09 bits per heavy atom. The number of methoxy groups -OCH3 is 2. The normalized spacial score (nSPS) is 14.8. The molecule has 1 aliphatic rings. The summed E-state index contributed by atoms with van der Waals surface area (Å²) in [5.41, 5.74) is 1.89. The zero-order valence-electron chi connectivity index (χ0n) is 19.4. The average Bonchev–Trinajstić information content (AvgIpc) is 3.33. The summed E-state index contributed by atoms with van der Waals surface area (Å²) in [6.07, 6.45) is 1.63. The number of hydrogen-bond donors (Lipinski definition) is 0. The van der Waals surface area contributed by atoms with Crippen molar-refractivity contribution in [3.63, 3.8) is 0 Å². The smallest absolute Gasteiger partial charge is 0.241 e. The molecule has 0 saturated carbocycles. The Balaban J connectivity index is 1.28. The molecule has 1 aromatic heterocycles. The summed E-state index contributed by atoms with van der Waals surface area (Å²) in [6, 6.07) is 15.4. The Kier molecular flexibility index (Phi) is 7.24. The number of piperidine rings is 1. The van der Waals surface area contributed by atoms with Crippen molar-refractivity contribution in [1.82, 2.24) is 19.9 Å². The van der Waals surface area contributed by atoms with E-state index in [0.717, 1.165) is 48.6 Å². The predicted molar refractivity (Wildman–Crippen MR) is 124 cm³/mol. The van der Waals surface area contributed by atoms with Gasteiger partial charge < -0.3 is 18.9 Å². The highest BCUT2D eigenvalue weighted by Crippen LogP contribution is 2.25. The molecule has 1 saturated heterocycles. The number of para-hydroxylation sites is 1. The molecular formula is C25H30N4O4. The molecule has 0 N–H and O–H groups in total. The second kappa shape index (κ2) is 10.5. The van der Waals surface area contributed by atoms with Gasteiger partial charge in [0, 0.05) is 30.6 Å². The minimum absolute atomic E-state index is 0.0264. The molecule has 0 bridgehead atoms. The van der Waals surface area contributed by atoms with Crippen LogP contribution in [-0.4, -0.2) is 60.2 Å². The van der Waals surface area contributed by atoms with Gasteiger partial charge in [0.1, 0.15) is 11.5 Å². The van der Waals surface area contributed by atoms with E-state index < -0.39 is 0 Å². The number of nitrogens with zero attached hydrogens (tertiary/aromatic N) is 4. The Morgan fingerprint density at radius 2 is 1.82 bits per heavy atom. The maximum atomic E-state index is 13.0. The first-order valence-electron chi connectivity index (χ1n) is 11.1. The molecule has 174 valence electrons. The summed E-state index contributed by atoms with van der Waals surface area (Å²) in [6.45, 7) is 2.76. The van der Waals surface area contributed by atoms with Crippen LogP contribution in [-0.2, 0) is 17.9 Å². The molecule has 2 heterocycles. The molecule has 0 unspecified atom stereocenters. The third kappa shape index (κ3) is 5.51. The molecule has 8 nitrogen and oxygen atoms in total. The fourth-order valence-electron chi connectivity index (χ4n) is 4.18. The molecule has 4 rings (SSSR count). The molecule has 0 atom stereocenters. The summed E-state index contributed by atoms with van der Waals surface area (Å²) in [7, 11) is 5.15. The molecular weight excluding hydrogens is 420 g/mol. The lowest BCUT2D eigenvalue weighted by Crippen LogP contribution is -2.40. The Hall–Kier alpha value is -3.39. The zero-order valence-corrected chi connectivity index (χ0v) is 19.4. The van der Waals surface area contributed by atoms with Crippen LogP contribution in [0.15, 0.2) is 53.1 Å². The molecule has 2 aromatic carbocycles. The molecule has 1 fully saturated rings. The van der Waals surface area contributed by atoms with Crippen molar-refractivity contribution in [3.8, 4) is 22.9 Å². The second-order valence-corrected chi connectivity index (χ2v) is 8.30. The monoisotopic (exact) mass is 450 g/mol. The standard InChI is InChI=1S/C25H30N4O4/c1-28(16-20-6-4-5-7-22(20)32-3)25(30)19-12-14-29(15-13-19)17-23-26-24(27-33-23)18-8-10-21(31-2)11-9-18/h4-11,19H,12-17H2,1-3H3. The van der Waals surface area contributed by atoms with Gasteiger partial charge in [0.2, 0.25) is 17.6 Å². The van der Waals surface area contributed by atoms with E-state index in [0.29, 0.717) is 24.8 Å². The maximum absolute atomic E-state index is 13.0. The first-order valence-corrected chi connectivity index (χ1v) is 11.1. The number of rotatable bonds is 8. The van der Waals surface area contributed by atoms with Crippen molar-refractivity contribution >= 4 is 5.91 Å². The Bertz CT molecular complexity index is 1060. The van der Waals surface area contributed by atoms with Gasteiger partial charge in [-0.05, 0) is 56.3 Å². The largest absolute Gasteiger partial charge is 0.497 e. The molecule has 3 aromatic rings. The summed E-state index contributed by atoms with van der Waals surface area (Å²) >= 11 is 0. The first kappa shape index (κ1) is 22.8. The van der Waals surface area contributed by atoms with Crippen LogP contribution < -0.4 is 9.47 Å². The number of carbonyl (C=O) groups is 1. The third-order valence-electron chi connectivity index (χ3n) is 6.09. The molecule has 8 heteroatoms. The van der Waals surface area contributed by atoms with Gasteiger partial charge >= 0.3 is 0 Å². The Labute approximate surface area is 194 Å². The minimum Gasteiger partial charge on any atom is -0.497 e. The summed E-state index contributed by atoms with van der Waals surface area (Å²) in [5, 5.41) is 4.10. The Morgan fingerprint density at radius 3 is 2.52 bits per heavy atom. The average molecular weight is 451 g/mol. The van der Waals surface area contributed by atoms with Gasteiger partial charge in [-0.25, -0.2) is 0 Å².